The summed E-state index contributed by atoms with van der Waals surface area (Å²) in [5.74, 6) is -0.906. The summed E-state index contributed by atoms with van der Waals surface area (Å²) in [6.07, 6.45) is 1.63. The highest BCUT2D eigenvalue weighted by atomic mass is 19.1. The number of nitrogens with one attached hydrogen (secondary N) is 1. The normalized spacial score (nSPS) is 21.9. The van der Waals surface area contributed by atoms with Crippen molar-refractivity contribution in [1.82, 2.24) is 10.2 Å². The third-order valence-corrected chi connectivity index (χ3v) is 4.49. The van der Waals surface area contributed by atoms with Gasteiger partial charge in [0.25, 0.3) is 0 Å². The fraction of sp³-hybridized carbons (Fsp3) is 0.529. The number of nitrogens with zero attached hydrogens (tertiary/aromatic N) is 1. The Balaban J connectivity index is 1.85. The van der Waals surface area contributed by atoms with Crippen molar-refractivity contribution in [3.05, 3.63) is 35.1 Å². The maximum Gasteiger partial charge on any atom is 0.234 e. The molecule has 1 aromatic rings. The van der Waals surface area contributed by atoms with E-state index in [0.29, 0.717) is 12.1 Å². The number of aryl methyl sites for hydroxylation is 1. The summed E-state index contributed by atoms with van der Waals surface area (Å²) in [5.41, 5.74) is 6.67. The number of halogens is 1. The molecular formula is C17H24FN3O2. The van der Waals surface area contributed by atoms with Crippen LogP contribution in [0.5, 0.6) is 0 Å². The molecule has 23 heavy (non-hydrogen) atoms. The van der Waals surface area contributed by atoms with Crippen LogP contribution in [0.2, 0.25) is 0 Å². The second-order valence-electron chi connectivity index (χ2n) is 6.32. The van der Waals surface area contributed by atoms with Crippen molar-refractivity contribution >= 4 is 11.8 Å². The maximum absolute atomic E-state index is 13.5. The van der Waals surface area contributed by atoms with Crippen LogP contribution >= 0.6 is 0 Å². The van der Waals surface area contributed by atoms with Gasteiger partial charge < -0.3 is 11.1 Å². The molecule has 6 heteroatoms. The van der Waals surface area contributed by atoms with Gasteiger partial charge in [-0.1, -0.05) is 12.1 Å². The van der Waals surface area contributed by atoms with Gasteiger partial charge in [0.1, 0.15) is 5.82 Å². The Morgan fingerprint density at radius 3 is 2.78 bits per heavy atom. The molecule has 5 nitrogen and oxygen atoms in total. The van der Waals surface area contributed by atoms with E-state index in [0.717, 1.165) is 18.4 Å². The molecule has 2 atom stereocenters. The first-order chi connectivity index (χ1) is 10.9. The van der Waals surface area contributed by atoms with Crippen molar-refractivity contribution in [3.63, 3.8) is 0 Å². The van der Waals surface area contributed by atoms with Crippen LogP contribution in [0.25, 0.3) is 0 Å². The fourth-order valence-corrected chi connectivity index (χ4v) is 2.82. The van der Waals surface area contributed by atoms with Crippen LogP contribution in [0.3, 0.4) is 0 Å². The number of amides is 2. The van der Waals surface area contributed by atoms with E-state index in [1.807, 2.05) is 11.8 Å². The molecule has 0 spiro atoms. The molecular weight excluding hydrogens is 297 g/mol. The molecule has 0 saturated carbocycles. The van der Waals surface area contributed by atoms with E-state index in [2.05, 4.69) is 5.32 Å². The first kappa shape index (κ1) is 17.4. The van der Waals surface area contributed by atoms with E-state index >= 15 is 0 Å². The molecule has 1 aliphatic heterocycles. The van der Waals surface area contributed by atoms with E-state index in [1.54, 1.807) is 19.1 Å². The van der Waals surface area contributed by atoms with Gasteiger partial charge in [-0.05, 0) is 43.9 Å². The fourth-order valence-electron chi connectivity index (χ4n) is 2.82. The first-order valence-electron chi connectivity index (χ1n) is 7.92. The van der Waals surface area contributed by atoms with Gasteiger partial charge in [0.05, 0.1) is 12.5 Å². The highest BCUT2D eigenvalue weighted by Crippen LogP contribution is 2.21. The molecule has 2 rings (SSSR count). The molecule has 3 N–H and O–H groups in total. The van der Waals surface area contributed by atoms with Crippen LogP contribution in [-0.2, 0) is 16.1 Å². The van der Waals surface area contributed by atoms with Gasteiger partial charge in [-0.2, -0.15) is 0 Å². The summed E-state index contributed by atoms with van der Waals surface area (Å²) >= 11 is 0. The van der Waals surface area contributed by atoms with Crippen molar-refractivity contribution in [1.29, 1.82) is 0 Å². The zero-order valence-electron chi connectivity index (χ0n) is 13.6. The zero-order valence-corrected chi connectivity index (χ0v) is 13.6. The summed E-state index contributed by atoms with van der Waals surface area (Å²) in [6.45, 7) is 4.77. The van der Waals surface area contributed by atoms with Gasteiger partial charge in [-0.25, -0.2) is 4.39 Å². The topological polar surface area (TPSA) is 75.4 Å². The number of primary amides is 1. The van der Waals surface area contributed by atoms with Crippen LogP contribution in [0.4, 0.5) is 4.39 Å². The highest BCUT2D eigenvalue weighted by molar-refractivity contribution is 5.79. The average molecular weight is 321 g/mol. The molecule has 0 aromatic heterocycles. The molecule has 0 unspecified atom stereocenters. The van der Waals surface area contributed by atoms with Gasteiger partial charge in [0.15, 0.2) is 0 Å². The quantitative estimate of drug-likeness (QED) is 0.859. The predicted molar refractivity (Wildman–Crippen MR) is 85.9 cm³/mol. The Bertz CT molecular complexity index is 591. The highest BCUT2D eigenvalue weighted by Gasteiger charge is 2.29. The number of likely N-dealkylation sites (tertiary alicyclic amines) is 1. The third-order valence-electron chi connectivity index (χ3n) is 4.49. The molecule has 1 saturated heterocycles. The lowest BCUT2D eigenvalue weighted by atomic mass is 9.93. The van der Waals surface area contributed by atoms with Crippen LogP contribution < -0.4 is 11.1 Å². The summed E-state index contributed by atoms with van der Waals surface area (Å²) < 4.78 is 13.5. The Kier molecular flexibility index (Phi) is 5.71. The van der Waals surface area contributed by atoms with Gasteiger partial charge in [-0.15, -0.1) is 0 Å². The predicted octanol–water partition coefficient (Wildman–Crippen LogP) is 1.34. The Morgan fingerprint density at radius 2 is 2.13 bits per heavy atom. The van der Waals surface area contributed by atoms with Crippen LogP contribution in [0.1, 0.15) is 30.9 Å². The second kappa shape index (κ2) is 7.55. The van der Waals surface area contributed by atoms with Crippen molar-refractivity contribution in [2.24, 2.45) is 11.7 Å². The average Bonchev–Trinajstić information content (AvgIpc) is 2.50. The molecule has 0 bridgehead atoms. The summed E-state index contributed by atoms with van der Waals surface area (Å²) in [6, 6.07) is 5.17. The number of rotatable bonds is 5. The van der Waals surface area contributed by atoms with E-state index in [4.69, 9.17) is 5.73 Å². The number of nitrogens with two attached hydrogens (primary N) is 1. The van der Waals surface area contributed by atoms with Crippen molar-refractivity contribution in [3.8, 4) is 0 Å². The molecule has 1 aliphatic rings. The molecule has 0 radical (unpaired) electrons. The van der Waals surface area contributed by atoms with E-state index in [9.17, 15) is 14.0 Å². The smallest absolute Gasteiger partial charge is 0.234 e. The standard InChI is InChI=1S/C17H24FN3O2/c1-11-3-5-13(7-15(11)18)8-20-16(22)10-21-9-14(17(19)23)6-4-12(21)2/h3,5,7,12,14H,4,6,8-10H2,1-2H3,(H2,19,23)(H,20,22)/t12-,14+/m0/s1. The van der Waals surface area contributed by atoms with Crippen molar-refractivity contribution in [2.45, 2.75) is 39.3 Å². The maximum atomic E-state index is 13.5. The lowest BCUT2D eigenvalue weighted by molar-refractivity contribution is -0.127. The number of piperidine rings is 1. The molecule has 1 fully saturated rings. The second-order valence-corrected chi connectivity index (χ2v) is 6.32. The number of hydrogen-bond acceptors (Lipinski definition) is 3. The number of carbonyl (C=O) groups excluding carboxylic acids is 2. The van der Waals surface area contributed by atoms with E-state index < -0.39 is 0 Å². The molecule has 2 amide bonds. The lowest BCUT2D eigenvalue weighted by Crippen LogP contribution is -2.49. The van der Waals surface area contributed by atoms with Crippen molar-refractivity contribution in [2.75, 3.05) is 13.1 Å². The molecule has 0 aliphatic carbocycles. The van der Waals surface area contributed by atoms with Gasteiger partial charge in [-0.3, -0.25) is 14.5 Å². The monoisotopic (exact) mass is 321 g/mol. The number of carbonyl (C=O) groups is 2. The van der Waals surface area contributed by atoms with Gasteiger partial charge >= 0.3 is 0 Å². The first-order valence-corrected chi connectivity index (χ1v) is 7.92. The van der Waals surface area contributed by atoms with Crippen LogP contribution in [0.15, 0.2) is 18.2 Å². The summed E-state index contributed by atoms with van der Waals surface area (Å²) in [5, 5.41) is 2.79. The SMILES string of the molecule is Cc1ccc(CNC(=O)CN2C[C@H](C(N)=O)CC[C@@H]2C)cc1F. The zero-order chi connectivity index (χ0) is 17.0. The Hall–Kier alpha value is -1.95. The van der Waals surface area contributed by atoms with Crippen LogP contribution in [0, 0.1) is 18.7 Å². The lowest BCUT2D eigenvalue weighted by Gasteiger charge is -2.36. The summed E-state index contributed by atoms with van der Waals surface area (Å²) in [7, 11) is 0. The Morgan fingerprint density at radius 1 is 1.39 bits per heavy atom. The largest absolute Gasteiger partial charge is 0.369 e. The van der Waals surface area contributed by atoms with E-state index in [1.165, 1.54) is 6.07 Å². The van der Waals surface area contributed by atoms with E-state index in [-0.39, 0.29) is 42.7 Å². The minimum atomic E-state index is -0.308. The number of hydrogen-bond donors (Lipinski definition) is 2. The minimum absolute atomic E-state index is 0.136. The van der Waals surface area contributed by atoms with Crippen LogP contribution in [-0.4, -0.2) is 35.8 Å². The number of benzene rings is 1. The van der Waals surface area contributed by atoms with Crippen molar-refractivity contribution < 1.29 is 14.0 Å². The third kappa shape index (κ3) is 4.76. The van der Waals surface area contributed by atoms with Gasteiger partial charge in [0.2, 0.25) is 11.8 Å². The molecule has 1 aromatic carbocycles. The molecule has 1 heterocycles. The minimum Gasteiger partial charge on any atom is -0.369 e. The Labute approximate surface area is 136 Å². The summed E-state index contributed by atoms with van der Waals surface area (Å²) in [4.78, 5) is 25.4. The van der Waals surface area contributed by atoms with Gasteiger partial charge in [0, 0.05) is 19.1 Å². The molecule has 126 valence electrons.